The molecule has 2 unspecified atom stereocenters. The van der Waals surface area contributed by atoms with E-state index in [1.54, 1.807) is 55.4 Å². The van der Waals surface area contributed by atoms with Gasteiger partial charge in [-0.3, -0.25) is 47.9 Å². The van der Waals surface area contributed by atoms with Gasteiger partial charge < -0.3 is 64.6 Å². The van der Waals surface area contributed by atoms with E-state index >= 15 is 0 Å². The summed E-state index contributed by atoms with van der Waals surface area (Å²) >= 11 is 0. The molecule has 2 aliphatic heterocycles. The van der Waals surface area contributed by atoms with Crippen LogP contribution in [0, 0.1) is 11.8 Å². The first kappa shape index (κ1) is 61.4. The summed E-state index contributed by atoms with van der Waals surface area (Å²) in [6.07, 6.45) is 4.00. The standard InChI is InChI=1S/C46H82N12O10S2/c1-25(2)33(37(49)61)55-39(63)31-19-15-23-57(31)43(67)29(17-11-13-21-47)53-41(65)35(51-27(5)59)45(7,8)69-70-46(9,10)36(52-28(6)60)42(66)54-30(18-12-14-22-48)44(68)58-24-16-20-32(58)40(64)56-34(26(3)4)38(50)62/h25-26,29-36H,11-24,47-48H2,1-10H3,(H2,49,61)(H2,50,62)(H,51,59)(H,52,60)(H,53,65)(H,54,66)(H,55,63)(H,56,64)/t29-,30-,31-,32-,33-,34-,35?,36?/m0/s1. The van der Waals surface area contributed by atoms with Crippen LogP contribution in [0.5, 0.6) is 0 Å². The summed E-state index contributed by atoms with van der Waals surface area (Å²) in [6, 6.07) is -8.48. The fraction of sp³-hybridized carbons (Fsp3) is 0.783. The molecule has 22 nitrogen and oxygen atoms in total. The minimum Gasteiger partial charge on any atom is -0.368 e. The van der Waals surface area contributed by atoms with Crippen molar-refractivity contribution in [3.8, 4) is 0 Å². The number of carbonyl (C=O) groups is 10. The molecule has 8 atom stereocenters. The van der Waals surface area contributed by atoms with Crippen molar-refractivity contribution in [2.24, 2.45) is 34.8 Å². The van der Waals surface area contributed by atoms with Crippen LogP contribution in [0.2, 0.25) is 0 Å². The summed E-state index contributed by atoms with van der Waals surface area (Å²) in [5.41, 5.74) is 22.6. The molecule has 0 bridgehead atoms. The van der Waals surface area contributed by atoms with Crippen LogP contribution in [-0.4, -0.2) is 153 Å². The summed E-state index contributed by atoms with van der Waals surface area (Å²) in [6.45, 7) is 17.4. The molecule has 0 saturated carbocycles. The van der Waals surface area contributed by atoms with E-state index in [0.717, 1.165) is 21.6 Å². The van der Waals surface area contributed by atoms with Gasteiger partial charge >= 0.3 is 0 Å². The van der Waals surface area contributed by atoms with Crippen molar-refractivity contribution in [3.63, 3.8) is 0 Å². The van der Waals surface area contributed by atoms with Crippen LogP contribution in [0.1, 0.15) is 133 Å². The maximum absolute atomic E-state index is 14.4. The van der Waals surface area contributed by atoms with Crippen molar-refractivity contribution in [1.29, 1.82) is 0 Å². The largest absolute Gasteiger partial charge is 0.368 e. The smallest absolute Gasteiger partial charge is 0.245 e. The van der Waals surface area contributed by atoms with Gasteiger partial charge in [0.2, 0.25) is 59.1 Å². The van der Waals surface area contributed by atoms with Crippen molar-refractivity contribution in [1.82, 2.24) is 41.7 Å². The number of unbranched alkanes of at least 4 members (excludes halogenated alkanes) is 2. The highest BCUT2D eigenvalue weighted by atomic mass is 33.1. The summed E-state index contributed by atoms with van der Waals surface area (Å²) in [4.78, 5) is 137. The molecule has 0 radical (unpaired) electrons. The molecular formula is C46H82N12O10S2. The quantitative estimate of drug-likeness (QED) is 0.0331. The van der Waals surface area contributed by atoms with Crippen molar-refractivity contribution in [3.05, 3.63) is 0 Å². The lowest BCUT2D eigenvalue weighted by Crippen LogP contribution is -2.61. The molecule has 24 heteroatoms. The summed E-state index contributed by atoms with van der Waals surface area (Å²) < 4.78 is -2.32. The number of nitrogens with one attached hydrogen (secondary N) is 6. The molecule has 2 fully saturated rings. The molecule has 0 aromatic heterocycles. The zero-order valence-corrected chi connectivity index (χ0v) is 44.4. The number of hydrogen-bond donors (Lipinski definition) is 10. The third-order valence-electron chi connectivity index (χ3n) is 12.4. The zero-order valence-electron chi connectivity index (χ0n) is 42.8. The van der Waals surface area contributed by atoms with Crippen LogP contribution in [0.3, 0.4) is 0 Å². The predicted molar refractivity (Wildman–Crippen MR) is 270 cm³/mol. The second-order valence-corrected chi connectivity index (χ2v) is 23.4. The molecule has 0 aliphatic carbocycles. The van der Waals surface area contributed by atoms with E-state index in [0.29, 0.717) is 64.5 Å². The Morgan fingerprint density at radius 1 is 0.543 bits per heavy atom. The zero-order chi connectivity index (χ0) is 53.3. The Bertz CT molecular complexity index is 1740. The van der Waals surface area contributed by atoms with Gasteiger partial charge in [-0.1, -0.05) is 49.3 Å². The van der Waals surface area contributed by atoms with Gasteiger partial charge in [-0.25, -0.2) is 0 Å². The van der Waals surface area contributed by atoms with E-state index in [1.807, 2.05) is 0 Å². The van der Waals surface area contributed by atoms with Crippen molar-refractivity contribution in [2.45, 2.75) is 191 Å². The van der Waals surface area contributed by atoms with Crippen LogP contribution >= 0.6 is 21.6 Å². The van der Waals surface area contributed by atoms with Crippen LogP contribution in [0.25, 0.3) is 0 Å². The lowest BCUT2D eigenvalue weighted by atomic mass is 10.00. The van der Waals surface area contributed by atoms with E-state index in [1.165, 1.54) is 23.6 Å². The van der Waals surface area contributed by atoms with Gasteiger partial charge in [0, 0.05) is 36.4 Å². The molecule has 10 amide bonds. The average molecular weight is 1030 g/mol. The minimum absolute atomic E-state index is 0.174. The first-order valence-electron chi connectivity index (χ1n) is 24.3. The van der Waals surface area contributed by atoms with E-state index in [9.17, 15) is 47.9 Å². The summed E-state index contributed by atoms with van der Waals surface area (Å²) in [7, 11) is 2.30. The number of amides is 10. The Morgan fingerprint density at radius 2 is 0.871 bits per heavy atom. The Kier molecular flexibility index (Phi) is 24.9. The summed E-state index contributed by atoms with van der Waals surface area (Å²) in [5, 5.41) is 16.5. The van der Waals surface area contributed by atoms with E-state index in [-0.39, 0.29) is 37.8 Å². The Morgan fingerprint density at radius 3 is 1.14 bits per heavy atom. The van der Waals surface area contributed by atoms with Crippen LogP contribution in [-0.2, 0) is 47.9 Å². The minimum atomic E-state index is -1.26. The first-order chi connectivity index (χ1) is 32.6. The number of nitrogens with two attached hydrogens (primary N) is 4. The summed E-state index contributed by atoms with van der Waals surface area (Å²) in [5.74, 6) is -6.58. The number of rotatable bonds is 29. The lowest BCUT2D eigenvalue weighted by molar-refractivity contribution is -0.142. The van der Waals surface area contributed by atoms with Crippen molar-refractivity contribution < 1.29 is 47.9 Å². The maximum atomic E-state index is 14.4. The monoisotopic (exact) mass is 1030 g/mol. The molecule has 2 saturated heterocycles. The molecule has 0 aromatic rings. The van der Waals surface area contributed by atoms with Gasteiger partial charge in [0.25, 0.3) is 0 Å². The normalized spacial score (nSPS) is 18.8. The molecule has 398 valence electrons. The van der Waals surface area contributed by atoms with Gasteiger partial charge in [0.15, 0.2) is 0 Å². The van der Waals surface area contributed by atoms with E-state index in [2.05, 4.69) is 31.9 Å². The highest BCUT2D eigenvalue weighted by Gasteiger charge is 2.46. The number of carbonyl (C=O) groups excluding carboxylic acids is 10. The second kappa shape index (κ2) is 28.4. The molecule has 2 rings (SSSR count). The predicted octanol–water partition coefficient (Wildman–Crippen LogP) is -0.604. The maximum Gasteiger partial charge on any atom is 0.245 e. The SMILES string of the molecule is CC(=O)NC(C(=O)N[C@@H](CCCCN)C(=O)N1CCC[C@H]1C(=O)N[C@H](C(N)=O)C(C)C)C(C)(C)SSC(C)(C)C(NC(C)=O)C(=O)N[C@@H](CCCCN)C(=O)N1CCC[C@H]1C(=O)N[C@H](C(N)=O)C(C)C. The Balaban J connectivity index is 2.40. The average Bonchev–Trinajstić information content (AvgIpc) is 3.97. The molecule has 70 heavy (non-hydrogen) atoms. The molecule has 14 N–H and O–H groups in total. The third kappa shape index (κ3) is 18.2. The number of primary amides is 2. The van der Waals surface area contributed by atoms with Crippen LogP contribution in [0.15, 0.2) is 0 Å². The highest BCUT2D eigenvalue weighted by Crippen LogP contribution is 2.47. The van der Waals surface area contributed by atoms with Crippen molar-refractivity contribution >= 4 is 80.7 Å². The van der Waals surface area contributed by atoms with Crippen molar-refractivity contribution in [2.75, 3.05) is 26.2 Å². The Hall–Kier alpha value is -4.68. The van der Waals surface area contributed by atoms with Gasteiger partial charge in [-0.05, 0) is 117 Å². The second-order valence-electron chi connectivity index (χ2n) is 20.0. The number of nitrogens with zero attached hydrogens (tertiary/aromatic N) is 2. The number of likely N-dealkylation sites (tertiary alicyclic amines) is 2. The van der Waals surface area contributed by atoms with Gasteiger partial charge in [0.05, 0.1) is 0 Å². The van der Waals surface area contributed by atoms with Gasteiger partial charge in [-0.15, -0.1) is 0 Å². The van der Waals surface area contributed by atoms with E-state index < -0.39 is 117 Å². The lowest BCUT2D eigenvalue weighted by Gasteiger charge is -2.39. The molecule has 2 heterocycles. The molecule has 0 spiro atoms. The van der Waals surface area contributed by atoms with Gasteiger partial charge in [-0.2, -0.15) is 0 Å². The topological polar surface area (TPSA) is 353 Å². The van der Waals surface area contributed by atoms with E-state index in [4.69, 9.17) is 22.9 Å². The fourth-order valence-electron chi connectivity index (χ4n) is 8.48. The fourth-order valence-corrected chi connectivity index (χ4v) is 11.3. The van der Waals surface area contributed by atoms with Crippen LogP contribution < -0.4 is 54.8 Å². The highest BCUT2D eigenvalue weighted by molar-refractivity contribution is 8.77. The molecular weight excluding hydrogens is 945 g/mol. The molecule has 2 aliphatic rings. The van der Waals surface area contributed by atoms with Gasteiger partial charge in [0.1, 0.15) is 48.3 Å². The number of hydrogen-bond acceptors (Lipinski definition) is 14. The molecule has 0 aromatic carbocycles. The Labute approximate surface area is 421 Å². The van der Waals surface area contributed by atoms with Crippen LogP contribution in [0.4, 0.5) is 0 Å². The third-order valence-corrected chi connectivity index (χ3v) is 16.7. The first-order valence-corrected chi connectivity index (χ1v) is 26.5.